The van der Waals surface area contributed by atoms with Crippen LogP contribution in [0.1, 0.15) is 35.7 Å². The molecule has 28 heavy (non-hydrogen) atoms. The van der Waals surface area contributed by atoms with Crippen LogP contribution in [0.2, 0.25) is 0 Å². The molecule has 0 N–H and O–H groups in total. The summed E-state index contributed by atoms with van der Waals surface area (Å²) in [5.74, 6) is -0.207. The lowest BCUT2D eigenvalue weighted by atomic mass is 10.0. The molecule has 1 amide bonds. The zero-order valence-electron chi connectivity index (χ0n) is 15.8. The minimum atomic E-state index is -0.532. The summed E-state index contributed by atoms with van der Waals surface area (Å²) in [4.78, 5) is 28.2. The van der Waals surface area contributed by atoms with Crippen molar-refractivity contribution in [2.45, 2.75) is 29.6 Å². The summed E-state index contributed by atoms with van der Waals surface area (Å²) in [6, 6.07) is 16.5. The maximum atomic E-state index is 12.6. The first-order chi connectivity index (χ1) is 13.6. The van der Waals surface area contributed by atoms with Crippen LogP contribution >= 0.6 is 11.8 Å². The van der Waals surface area contributed by atoms with Crippen LogP contribution in [-0.4, -0.2) is 36.5 Å². The Labute approximate surface area is 169 Å². The number of amides is 1. The molecule has 0 aliphatic carbocycles. The van der Waals surface area contributed by atoms with Crippen molar-refractivity contribution >= 4 is 23.6 Å². The van der Waals surface area contributed by atoms with Crippen molar-refractivity contribution in [1.82, 2.24) is 4.90 Å². The lowest BCUT2D eigenvalue weighted by Gasteiger charge is -2.30. The quantitative estimate of drug-likeness (QED) is 0.713. The molecule has 0 bridgehead atoms. The van der Waals surface area contributed by atoms with Gasteiger partial charge in [0.1, 0.15) is 6.07 Å². The standard InChI is InChI=1S/C22H22N2O3S/c1-16-7-6-12-24(14-16)21(25)15-27-22(26)18-9-3-5-11-20(18)28-19-10-4-2-8-17(19)13-23/h2-5,8-11,16H,6-7,12,14-15H2,1H3/t16-/m1/s1. The first-order valence-electron chi connectivity index (χ1n) is 9.29. The molecule has 1 fully saturated rings. The topological polar surface area (TPSA) is 70.4 Å². The van der Waals surface area contributed by atoms with Crippen molar-refractivity contribution in [3.8, 4) is 6.07 Å². The monoisotopic (exact) mass is 394 g/mol. The van der Waals surface area contributed by atoms with Gasteiger partial charge in [-0.15, -0.1) is 0 Å². The smallest absolute Gasteiger partial charge is 0.339 e. The first-order valence-corrected chi connectivity index (χ1v) is 10.1. The summed E-state index contributed by atoms with van der Waals surface area (Å²) in [7, 11) is 0. The number of esters is 1. The van der Waals surface area contributed by atoms with Gasteiger partial charge in [0.25, 0.3) is 5.91 Å². The van der Waals surface area contributed by atoms with E-state index in [9.17, 15) is 14.9 Å². The van der Waals surface area contributed by atoms with E-state index in [1.807, 2.05) is 24.3 Å². The third-order valence-corrected chi connectivity index (χ3v) is 5.82. The van der Waals surface area contributed by atoms with Crippen molar-refractivity contribution in [3.05, 3.63) is 59.7 Å². The summed E-state index contributed by atoms with van der Waals surface area (Å²) in [6.45, 7) is 3.31. The molecular formula is C22H22N2O3S. The average molecular weight is 394 g/mol. The van der Waals surface area contributed by atoms with E-state index in [0.717, 1.165) is 24.3 Å². The third kappa shape index (κ3) is 4.93. The Morgan fingerprint density at radius 1 is 1.18 bits per heavy atom. The van der Waals surface area contributed by atoms with Gasteiger partial charge < -0.3 is 9.64 Å². The normalized spacial score (nSPS) is 16.3. The van der Waals surface area contributed by atoms with E-state index in [-0.39, 0.29) is 12.5 Å². The van der Waals surface area contributed by atoms with Crippen LogP contribution in [0.25, 0.3) is 0 Å². The van der Waals surface area contributed by atoms with Crippen molar-refractivity contribution in [1.29, 1.82) is 5.26 Å². The second-order valence-electron chi connectivity index (χ2n) is 6.87. The number of rotatable bonds is 5. The molecule has 144 valence electrons. The van der Waals surface area contributed by atoms with Gasteiger partial charge >= 0.3 is 5.97 Å². The number of nitrogens with zero attached hydrogens (tertiary/aromatic N) is 2. The Morgan fingerprint density at radius 3 is 2.64 bits per heavy atom. The van der Waals surface area contributed by atoms with E-state index < -0.39 is 5.97 Å². The number of carbonyl (C=O) groups is 2. The summed E-state index contributed by atoms with van der Waals surface area (Å²) in [5.41, 5.74) is 0.935. The van der Waals surface area contributed by atoms with Gasteiger partial charge in [-0.05, 0) is 43.0 Å². The highest BCUT2D eigenvalue weighted by molar-refractivity contribution is 7.99. The third-order valence-electron chi connectivity index (χ3n) is 4.67. The molecule has 0 saturated carbocycles. The first kappa shape index (κ1) is 20.0. The van der Waals surface area contributed by atoms with Gasteiger partial charge in [-0.1, -0.05) is 43.0 Å². The van der Waals surface area contributed by atoms with Crippen LogP contribution in [0.3, 0.4) is 0 Å². The number of ether oxygens (including phenoxy) is 1. The van der Waals surface area contributed by atoms with E-state index in [1.165, 1.54) is 11.8 Å². The SMILES string of the molecule is C[C@@H]1CCCN(C(=O)COC(=O)c2ccccc2Sc2ccccc2C#N)C1. The molecule has 3 rings (SSSR count). The molecule has 5 nitrogen and oxygen atoms in total. The maximum absolute atomic E-state index is 12.6. The van der Waals surface area contributed by atoms with E-state index in [2.05, 4.69) is 13.0 Å². The Balaban J connectivity index is 1.67. The van der Waals surface area contributed by atoms with Crippen molar-refractivity contribution in [2.75, 3.05) is 19.7 Å². The van der Waals surface area contributed by atoms with Crippen LogP contribution in [0.15, 0.2) is 58.3 Å². The number of nitriles is 1. The van der Waals surface area contributed by atoms with Gasteiger partial charge in [0.05, 0.1) is 11.1 Å². The van der Waals surface area contributed by atoms with Gasteiger partial charge in [0.2, 0.25) is 0 Å². The Bertz CT molecular complexity index is 907. The maximum Gasteiger partial charge on any atom is 0.339 e. The lowest BCUT2D eigenvalue weighted by molar-refractivity contribution is -0.136. The van der Waals surface area contributed by atoms with Crippen LogP contribution in [0, 0.1) is 17.2 Å². The number of benzene rings is 2. The van der Waals surface area contributed by atoms with Crippen molar-refractivity contribution < 1.29 is 14.3 Å². The number of likely N-dealkylation sites (tertiary alicyclic amines) is 1. The Hall–Kier alpha value is -2.78. The summed E-state index contributed by atoms with van der Waals surface area (Å²) in [6.07, 6.45) is 2.11. The van der Waals surface area contributed by atoms with Crippen LogP contribution < -0.4 is 0 Å². The molecule has 0 unspecified atom stereocenters. The molecule has 1 saturated heterocycles. The second kappa shape index (κ2) is 9.43. The molecule has 1 aliphatic heterocycles. The number of hydrogen-bond donors (Lipinski definition) is 0. The largest absolute Gasteiger partial charge is 0.452 e. The average Bonchev–Trinajstić information content (AvgIpc) is 2.72. The molecule has 1 aliphatic rings. The highest BCUT2D eigenvalue weighted by atomic mass is 32.2. The van der Waals surface area contributed by atoms with E-state index in [0.29, 0.717) is 28.5 Å². The van der Waals surface area contributed by atoms with E-state index >= 15 is 0 Å². The van der Waals surface area contributed by atoms with Gasteiger partial charge in [-0.3, -0.25) is 4.79 Å². The second-order valence-corrected chi connectivity index (χ2v) is 7.95. The zero-order chi connectivity index (χ0) is 19.9. The fourth-order valence-electron chi connectivity index (χ4n) is 3.20. The summed E-state index contributed by atoms with van der Waals surface area (Å²) < 4.78 is 5.30. The predicted octanol–water partition coefficient (Wildman–Crippen LogP) is 4.12. The van der Waals surface area contributed by atoms with E-state index in [4.69, 9.17) is 4.74 Å². The van der Waals surface area contributed by atoms with Gasteiger partial charge in [-0.2, -0.15) is 5.26 Å². The van der Waals surface area contributed by atoms with Gasteiger partial charge in [0, 0.05) is 22.9 Å². The minimum absolute atomic E-state index is 0.153. The number of carbonyl (C=O) groups excluding carboxylic acids is 2. The van der Waals surface area contributed by atoms with Gasteiger partial charge in [-0.25, -0.2) is 4.79 Å². The summed E-state index contributed by atoms with van der Waals surface area (Å²) >= 11 is 1.34. The molecule has 2 aromatic carbocycles. The van der Waals surface area contributed by atoms with Crippen molar-refractivity contribution in [3.63, 3.8) is 0 Å². The van der Waals surface area contributed by atoms with Crippen LogP contribution in [0.4, 0.5) is 0 Å². The Kier molecular flexibility index (Phi) is 6.72. The zero-order valence-corrected chi connectivity index (χ0v) is 16.6. The minimum Gasteiger partial charge on any atom is -0.452 e. The molecule has 0 aromatic heterocycles. The highest BCUT2D eigenvalue weighted by Crippen LogP contribution is 2.32. The van der Waals surface area contributed by atoms with Crippen molar-refractivity contribution in [2.24, 2.45) is 5.92 Å². The number of piperidine rings is 1. The lowest BCUT2D eigenvalue weighted by Crippen LogP contribution is -2.41. The molecular weight excluding hydrogens is 372 g/mol. The molecule has 0 spiro atoms. The molecule has 2 aromatic rings. The fraction of sp³-hybridized carbons (Fsp3) is 0.318. The molecule has 6 heteroatoms. The predicted molar refractivity (Wildman–Crippen MR) is 107 cm³/mol. The van der Waals surface area contributed by atoms with Crippen LogP contribution in [0.5, 0.6) is 0 Å². The molecule has 0 radical (unpaired) electrons. The van der Waals surface area contributed by atoms with E-state index in [1.54, 1.807) is 29.2 Å². The summed E-state index contributed by atoms with van der Waals surface area (Å²) in [5, 5.41) is 9.27. The van der Waals surface area contributed by atoms with Gasteiger partial charge in [0.15, 0.2) is 6.61 Å². The Morgan fingerprint density at radius 2 is 1.89 bits per heavy atom. The molecule has 1 atom stereocenters. The number of hydrogen-bond acceptors (Lipinski definition) is 5. The van der Waals surface area contributed by atoms with Crippen LogP contribution in [-0.2, 0) is 9.53 Å². The molecule has 1 heterocycles. The highest BCUT2D eigenvalue weighted by Gasteiger charge is 2.22. The fourth-order valence-corrected chi connectivity index (χ4v) is 4.22.